The lowest BCUT2D eigenvalue weighted by molar-refractivity contribution is -1.02. The number of hydrogen-bond acceptors (Lipinski definition) is 7. The molecule has 1 aromatic carbocycles. The zero-order valence-electron chi connectivity index (χ0n) is 16.2. The molecule has 1 N–H and O–H groups in total. The van der Waals surface area contributed by atoms with E-state index in [9.17, 15) is 18.4 Å². The van der Waals surface area contributed by atoms with Gasteiger partial charge < -0.3 is 9.47 Å². The van der Waals surface area contributed by atoms with E-state index in [1.54, 1.807) is 13.8 Å². The van der Waals surface area contributed by atoms with Gasteiger partial charge in [0.1, 0.15) is 17.2 Å². The summed E-state index contributed by atoms with van der Waals surface area (Å²) in [6, 6.07) is 4.51. The fourth-order valence-corrected chi connectivity index (χ4v) is 6.61. The summed E-state index contributed by atoms with van der Waals surface area (Å²) < 4.78 is 34.7. The van der Waals surface area contributed by atoms with Crippen molar-refractivity contribution in [2.24, 2.45) is 0 Å². The summed E-state index contributed by atoms with van der Waals surface area (Å²) in [6.45, 7) is 3.47. The Morgan fingerprint density at radius 3 is 2.37 bits per heavy atom. The number of methoxy groups -OCH3 is 2. The molecule has 0 radical (unpaired) electrons. The van der Waals surface area contributed by atoms with Gasteiger partial charge in [0.05, 0.1) is 19.0 Å². The van der Waals surface area contributed by atoms with Gasteiger partial charge in [0.25, 0.3) is 0 Å². The first-order valence-electron chi connectivity index (χ1n) is 8.81. The molecule has 1 fully saturated rings. The van der Waals surface area contributed by atoms with Crippen LogP contribution in [0.15, 0.2) is 29.2 Å². The Hall–Kier alpha value is -1.29. The number of esters is 1. The highest BCUT2D eigenvalue weighted by molar-refractivity contribution is 8.00. The van der Waals surface area contributed by atoms with Crippen molar-refractivity contribution < 1.29 is 31.9 Å². The second kappa shape index (κ2) is 8.38. The van der Waals surface area contributed by atoms with Gasteiger partial charge in [-0.25, -0.2) is 4.79 Å². The SMILES string of the molecule is COC(=O)[C@H]1C(C)(C)SCCCCC[N+]1(O)S(=O)(=O)c1ccc(OC)cc1. The van der Waals surface area contributed by atoms with E-state index >= 15 is 0 Å². The van der Waals surface area contributed by atoms with Gasteiger partial charge in [-0.15, -0.1) is 11.8 Å². The van der Waals surface area contributed by atoms with E-state index in [0.29, 0.717) is 12.2 Å². The minimum absolute atomic E-state index is 0.0697. The number of benzene rings is 1. The Bertz CT molecular complexity index is 763. The largest absolute Gasteiger partial charge is 0.497 e. The van der Waals surface area contributed by atoms with Gasteiger partial charge in [-0.3, -0.25) is 0 Å². The van der Waals surface area contributed by atoms with Gasteiger partial charge in [0, 0.05) is 6.42 Å². The predicted molar refractivity (Wildman–Crippen MR) is 103 cm³/mol. The summed E-state index contributed by atoms with van der Waals surface area (Å²) in [6.07, 6.45) is 2.15. The van der Waals surface area contributed by atoms with Crippen LogP contribution in [0.4, 0.5) is 0 Å². The molecule has 0 aromatic heterocycles. The third kappa shape index (κ3) is 4.26. The molecule has 1 heterocycles. The van der Waals surface area contributed by atoms with Crippen LogP contribution in [0.5, 0.6) is 5.75 Å². The minimum Gasteiger partial charge on any atom is -0.497 e. The van der Waals surface area contributed by atoms with Gasteiger partial charge in [-0.2, -0.15) is 13.6 Å². The van der Waals surface area contributed by atoms with Crippen LogP contribution in [0.25, 0.3) is 0 Å². The van der Waals surface area contributed by atoms with E-state index in [2.05, 4.69) is 0 Å². The van der Waals surface area contributed by atoms with E-state index in [1.165, 1.54) is 50.2 Å². The summed E-state index contributed by atoms with van der Waals surface area (Å²) >= 11 is 1.48. The number of ether oxygens (including phenoxy) is 2. The highest BCUT2D eigenvalue weighted by Gasteiger charge is 2.60. The van der Waals surface area contributed by atoms with Crippen LogP contribution in [-0.2, 0) is 19.6 Å². The van der Waals surface area contributed by atoms with Crippen LogP contribution < -0.4 is 4.74 Å². The first kappa shape index (κ1) is 22.0. The lowest BCUT2D eigenvalue weighted by atomic mass is 10.0. The summed E-state index contributed by atoms with van der Waals surface area (Å²) in [5.74, 6) is 0.542. The predicted octanol–water partition coefficient (Wildman–Crippen LogP) is 2.83. The van der Waals surface area contributed by atoms with Crippen molar-refractivity contribution in [1.82, 2.24) is 0 Å². The smallest absolute Gasteiger partial charge is 0.370 e. The Balaban J connectivity index is 2.63. The number of hydroxylamine groups is 2. The molecule has 0 saturated carbocycles. The summed E-state index contributed by atoms with van der Waals surface area (Å²) in [5, 5.41) is 11.5. The molecule has 7 nitrogen and oxygen atoms in total. The van der Waals surface area contributed by atoms with E-state index in [-0.39, 0.29) is 11.4 Å². The lowest BCUT2D eigenvalue weighted by Crippen LogP contribution is -2.66. The third-order valence-electron chi connectivity index (χ3n) is 4.86. The van der Waals surface area contributed by atoms with Gasteiger partial charge in [0.2, 0.25) is 6.04 Å². The quantitative estimate of drug-likeness (QED) is 0.594. The monoisotopic (exact) mass is 418 g/mol. The van der Waals surface area contributed by atoms with E-state index in [4.69, 9.17) is 9.47 Å². The van der Waals surface area contributed by atoms with Gasteiger partial charge in [0.15, 0.2) is 0 Å². The average Bonchev–Trinajstić information content (AvgIpc) is 2.69. The van der Waals surface area contributed by atoms with Crippen LogP contribution in [0, 0.1) is 0 Å². The molecule has 0 bridgehead atoms. The molecule has 27 heavy (non-hydrogen) atoms. The molecule has 1 aliphatic heterocycles. The second-order valence-electron chi connectivity index (χ2n) is 7.07. The van der Waals surface area contributed by atoms with E-state index in [0.717, 1.165) is 18.6 Å². The first-order chi connectivity index (χ1) is 12.6. The second-order valence-corrected chi connectivity index (χ2v) is 10.9. The molecule has 9 heteroatoms. The number of quaternary nitrogens is 1. The zero-order chi connectivity index (χ0) is 20.3. The summed E-state index contributed by atoms with van der Waals surface area (Å²) in [5.41, 5.74) is 0. The number of carbonyl (C=O) groups is 1. The molecule has 152 valence electrons. The van der Waals surface area contributed by atoms with E-state index < -0.39 is 30.8 Å². The highest BCUT2D eigenvalue weighted by atomic mass is 32.2. The molecule has 0 amide bonds. The lowest BCUT2D eigenvalue weighted by Gasteiger charge is -2.40. The maximum Gasteiger partial charge on any atom is 0.370 e. The van der Waals surface area contributed by atoms with Crippen LogP contribution >= 0.6 is 11.8 Å². The number of hydrogen-bond donors (Lipinski definition) is 1. The molecule has 1 saturated heterocycles. The van der Waals surface area contributed by atoms with Crippen molar-refractivity contribution >= 4 is 27.8 Å². The van der Waals surface area contributed by atoms with E-state index in [1.807, 2.05) is 0 Å². The van der Waals surface area contributed by atoms with Crippen molar-refractivity contribution in [3.8, 4) is 5.75 Å². The number of carbonyl (C=O) groups excluding carboxylic acids is 1. The maximum atomic E-state index is 13.5. The number of thioether (sulfide) groups is 1. The van der Waals surface area contributed by atoms with Gasteiger partial charge in [-0.05, 0) is 56.7 Å². The molecule has 1 aromatic rings. The zero-order valence-corrected chi connectivity index (χ0v) is 17.8. The number of rotatable bonds is 4. The molecule has 1 unspecified atom stereocenters. The Morgan fingerprint density at radius 1 is 1.19 bits per heavy atom. The molecule has 2 atom stereocenters. The standard InChI is InChI=1S/C18H28NO6S2/c1-18(2)16(17(20)25-4)19(21,12-6-5-7-13-26-18)27(22,23)15-10-8-14(24-3)9-11-15/h8-11,16,21H,5-7,12-13H2,1-4H3/q+1/t16-,19?/m0/s1. The summed E-state index contributed by atoms with van der Waals surface area (Å²) in [4.78, 5) is 12.6. The topological polar surface area (TPSA) is 89.9 Å². The third-order valence-corrected chi connectivity index (χ3v) is 8.41. The van der Waals surface area contributed by atoms with Crippen molar-refractivity contribution in [3.63, 3.8) is 0 Å². The molecule has 1 aliphatic rings. The average molecular weight is 419 g/mol. The van der Waals surface area contributed by atoms with Crippen molar-refractivity contribution in [2.45, 2.75) is 48.8 Å². The normalized spacial score (nSPS) is 26.3. The Morgan fingerprint density at radius 2 is 1.81 bits per heavy atom. The molecular formula is C18H28NO6S2+. The van der Waals surface area contributed by atoms with Crippen LogP contribution in [-0.4, -0.2) is 61.0 Å². The first-order valence-corrected chi connectivity index (χ1v) is 11.2. The fourth-order valence-electron chi connectivity index (χ4n) is 3.40. The Labute approximate surface area is 165 Å². The minimum atomic E-state index is -4.29. The molecule has 0 spiro atoms. The molecule has 0 aliphatic carbocycles. The number of sulfonamides is 1. The fraction of sp³-hybridized carbons (Fsp3) is 0.611. The van der Waals surface area contributed by atoms with Crippen molar-refractivity contribution in [2.75, 3.05) is 26.5 Å². The highest BCUT2D eigenvalue weighted by Crippen LogP contribution is 2.40. The van der Waals surface area contributed by atoms with Crippen LogP contribution in [0.3, 0.4) is 0 Å². The van der Waals surface area contributed by atoms with Crippen molar-refractivity contribution in [3.05, 3.63) is 24.3 Å². The maximum absolute atomic E-state index is 13.5. The number of nitrogens with zero attached hydrogens (tertiary/aromatic N) is 1. The molecular weight excluding hydrogens is 390 g/mol. The van der Waals surface area contributed by atoms with Crippen molar-refractivity contribution in [1.29, 1.82) is 0 Å². The Kier molecular flexibility index (Phi) is 6.83. The molecule has 2 rings (SSSR count). The van der Waals surface area contributed by atoms with Crippen LogP contribution in [0.2, 0.25) is 0 Å². The van der Waals surface area contributed by atoms with Gasteiger partial charge in [-0.1, -0.05) is 4.05 Å². The van der Waals surface area contributed by atoms with Crippen LogP contribution in [0.1, 0.15) is 33.1 Å². The summed E-state index contributed by atoms with van der Waals surface area (Å²) in [7, 11) is -1.60. The van der Waals surface area contributed by atoms with Gasteiger partial charge >= 0.3 is 16.0 Å².